The summed E-state index contributed by atoms with van der Waals surface area (Å²) in [6.45, 7) is 0.0151. The Morgan fingerprint density at radius 3 is 2.77 bits per heavy atom. The summed E-state index contributed by atoms with van der Waals surface area (Å²) in [5.41, 5.74) is -1.51. The molecule has 0 spiro atoms. The molecular formula is C18H17F2N3O2Se. The molecule has 1 N–H and O–H groups in total. The van der Waals surface area contributed by atoms with Crippen LogP contribution in [0.25, 0.3) is 0 Å². The van der Waals surface area contributed by atoms with Crippen LogP contribution in [-0.4, -0.2) is 41.9 Å². The third-order valence-corrected chi connectivity index (χ3v) is 6.38. The number of hydrogen-bond acceptors (Lipinski definition) is 4. The van der Waals surface area contributed by atoms with E-state index in [1.165, 1.54) is 23.4 Å². The van der Waals surface area contributed by atoms with E-state index in [-0.39, 0.29) is 32.4 Å². The molecule has 1 heterocycles. The Morgan fingerprint density at radius 1 is 1.23 bits per heavy atom. The van der Waals surface area contributed by atoms with E-state index in [2.05, 4.69) is 10.1 Å². The Kier molecular flexibility index (Phi) is 5.66. The van der Waals surface area contributed by atoms with Crippen LogP contribution in [0.5, 0.6) is 5.75 Å². The van der Waals surface area contributed by atoms with E-state index >= 15 is 0 Å². The Bertz CT molecular complexity index is 877. The predicted molar refractivity (Wildman–Crippen MR) is 93.5 cm³/mol. The number of aliphatic hydroxyl groups is 1. The van der Waals surface area contributed by atoms with Gasteiger partial charge in [0.15, 0.2) is 0 Å². The Morgan fingerprint density at radius 2 is 2.08 bits per heavy atom. The molecule has 8 heteroatoms. The molecule has 0 radical (unpaired) electrons. The fourth-order valence-electron chi connectivity index (χ4n) is 2.55. The molecular weight excluding hydrogens is 407 g/mol. The first kappa shape index (κ1) is 18.5. The molecule has 0 saturated heterocycles. The van der Waals surface area contributed by atoms with E-state index in [1.54, 1.807) is 7.11 Å². The number of nitrogens with zero attached hydrogens (tertiary/aromatic N) is 3. The number of benzene rings is 2. The number of hydrogen-bond donors (Lipinski definition) is 1. The van der Waals surface area contributed by atoms with Crippen LogP contribution in [0.4, 0.5) is 8.78 Å². The first-order valence-corrected chi connectivity index (χ1v) is 9.84. The normalized spacial score (nSPS) is 13.4. The summed E-state index contributed by atoms with van der Waals surface area (Å²) in [5, 5.41) is 15.5. The van der Waals surface area contributed by atoms with Crippen molar-refractivity contribution in [1.82, 2.24) is 14.8 Å². The molecule has 1 unspecified atom stereocenters. The SMILES string of the molecule is COc1cccc([Se]CC(O)(Cn2cncn2)c2ccc(F)cc2F)c1. The van der Waals surface area contributed by atoms with Gasteiger partial charge >= 0.3 is 155 Å². The third kappa shape index (κ3) is 4.27. The van der Waals surface area contributed by atoms with Crippen molar-refractivity contribution in [2.75, 3.05) is 7.11 Å². The van der Waals surface area contributed by atoms with Crippen LogP contribution in [0.2, 0.25) is 5.32 Å². The van der Waals surface area contributed by atoms with Crippen LogP contribution < -0.4 is 9.20 Å². The van der Waals surface area contributed by atoms with E-state index in [4.69, 9.17) is 4.74 Å². The molecule has 5 nitrogen and oxygen atoms in total. The van der Waals surface area contributed by atoms with Crippen LogP contribution in [-0.2, 0) is 12.1 Å². The van der Waals surface area contributed by atoms with Crippen LogP contribution in [0.3, 0.4) is 0 Å². The zero-order valence-electron chi connectivity index (χ0n) is 14.0. The van der Waals surface area contributed by atoms with Crippen molar-refractivity contribution < 1.29 is 18.6 Å². The standard InChI is InChI=1S/C18H17F2N3O2Se/c1-25-14-3-2-4-15(8-14)26-10-18(24,9-23-12-21-11-22-23)16-6-5-13(19)7-17(16)20/h2-8,11-12,24H,9-10H2,1H3. The van der Waals surface area contributed by atoms with Gasteiger partial charge in [0, 0.05) is 0 Å². The molecule has 0 amide bonds. The number of rotatable bonds is 7. The van der Waals surface area contributed by atoms with Gasteiger partial charge < -0.3 is 0 Å². The van der Waals surface area contributed by atoms with Crippen molar-refractivity contribution in [2.45, 2.75) is 17.5 Å². The van der Waals surface area contributed by atoms with E-state index in [0.29, 0.717) is 0 Å². The Labute approximate surface area is 155 Å². The second-order valence-electron chi connectivity index (χ2n) is 5.72. The molecule has 3 rings (SSSR count). The van der Waals surface area contributed by atoms with Crippen LogP contribution in [0.15, 0.2) is 55.1 Å². The number of halogens is 2. The molecule has 0 saturated carbocycles. The monoisotopic (exact) mass is 425 g/mol. The van der Waals surface area contributed by atoms with Crippen molar-refractivity contribution in [3.63, 3.8) is 0 Å². The van der Waals surface area contributed by atoms with Crippen molar-refractivity contribution in [3.8, 4) is 5.75 Å². The predicted octanol–water partition coefficient (Wildman–Crippen LogP) is 1.90. The first-order chi connectivity index (χ1) is 12.5. The van der Waals surface area contributed by atoms with Crippen LogP contribution >= 0.6 is 0 Å². The van der Waals surface area contributed by atoms with Crippen molar-refractivity contribution in [1.29, 1.82) is 0 Å². The van der Waals surface area contributed by atoms with Gasteiger partial charge in [-0.1, -0.05) is 0 Å². The molecule has 26 heavy (non-hydrogen) atoms. The Balaban J connectivity index is 1.89. The van der Waals surface area contributed by atoms with Gasteiger partial charge in [0.2, 0.25) is 0 Å². The van der Waals surface area contributed by atoms with Crippen molar-refractivity contribution in [3.05, 3.63) is 72.3 Å². The zero-order valence-corrected chi connectivity index (χ0v) is 15.7. The number of methoxy groups -OCH3 is 1. The third-order valence-electron chi connectivity index (χ3n) is 3.84. The topological polar surface area (TPSA) is 60.2 Å². The van der Waals surface area contributed by atoms with E-state index in [9.17, 15) is 13.9 Å². The second-order valence-corrected chi connectivity index (χ2v) is 7.92. The molecule has 1 atom stereocenters. The van der Waals surface area contributed by atoms with Crippen molar-refractivity contribution in [2.24, 2.45) is 0 Å². The Hall–Kier alpha value is -2.28. The average Bonchev–Trinajstić information content (AvgIpc) is 3.13. The fourth-order valence-corrected chi connectivity index (χ4v) is 4.71. The molecule has 2 aromatic carbocycles. The minimum atomic E-state index is -1.55. The molecule has 3 aromatic rings. The quantitative estimate of drug-likeness (QED) is 0.589. The van der Waals surface area contributed by atoms with Gasteiger partial charge in [-0.05, 0) is 0 Å². The molecule has 0 bridgehead atoms. The first-order valence-electron chi connectivity index (χ1n) is 7.77. The summed E-state index contributed by atoms with van der Waals surface area (Å²) in [7, 11) is 1.58. The zero-order chi connectivity index (χ0) is 18.6. The van der Waals surface area contributed by atoms with Crippen LogP contribution in [0.1, 0.15) is 5.56 Å². The van der Waals surface area contributed by atoms with E-state index in [0.717, 1.165) is 22.3 Å². The molecule has 0 aliphatic heterocycles. The summed E-state index contributed by atoms with van der Waals surface area (Å²) in [5.74, 6) is -0.751. The van der Waals surface area contributed by atoms with Crippen LogP contribution in [0, 0.1) is 11.6 Å². The summed E-state index contributed by atoms with van der Waals surface area (Å²) in [4.78, 5) is 3.85. The molecule has 0 aliphatic rings. The van der Waals surface area contributed by atoms with Gasteiger partial charge in [0.1, 0.15) is 0 Å². The van der Waals surface area contributed by atoms with Gasteiger partial charge in [-0.15, -0.1) is 0 Å². The average molecular weight is 424 g/mol. The van der Waals surface area contributed by atoms with Gasteiger partial charge in [-0.25, -0.2) is 0 Å². The number of ether oxygens (including phenoxy) is 1. The molecule has 0 aliphatic carbocycles. The molecule has 1 aromatic heterocycles. The van der Waals surface area contributed by atoms with E-state index < -0.39 is 17.2 Å². The van der Waals surface area contributed by atoms with E-state index in [1.807, 2.05) is 24.3 Å². The second kappa shape index (κ2) is 7.95. The maximum atomic E-state index is 14.4. The van der Waals surface area contributed by atoms with Gasteiger partial charge in [0.25, 0.3) is 0 Å². The van der Waals surface area contributed by atoms with Crippen molar-refractivity contribution >= 4 is 19.4 Å². The minimum absolute atomic E-state index is 0.0151. The van der Waals surface area contributed by atoms with Gasteiger partial charge in [-0.3, -0.25) is 0 Å². The summed E-state index contributed by atoms with van der Waals surface area (Å²) >= 11 is -0.176. The number of aromatic nitrogens is 3. The maximum absolute atomic E-state index is 14.4. The summed E-state index contributed by atoms with van der Waals surface area (Å²) in [6.07, 6.45) is 2.79. The molecule has 136 valence electrons. The summed E-state index contributed by atoms with van der Waals surface area (Å²) < 4.78 is 35.3. The van der Waals surface area contributed by atoms with Gasteiger partial charge in [-0.2, -0.15) is 0 Å². The summed E-state index contributed by atoms with van der Waals surface area (Å²) in [6, 6.07) is 10.7. The van der Waals surface area contributed by atoms with Gasteiger partial charge in [0.05, 0.1) is 0 Å². The molecule has 0 fully saturated rings. The fraction of sp³-hybridized carbons (Fsp3) is 0.222.